The van der Waals surface area contributed by atoms with E-state index in [1.807, 2.05) is 0 Å². The van der Waals surface area contributed by atoms with Gasteiger partial charge in [-0.2, -0.15) is 0 Å². The fraction of sp³-hybridized carbons (Fsp3) is 1.00. The average Bonchev–Trinajstić information content (AvgIpc) is 2.12. The number of rotatable bonds is 3. The maximum absolute atomic E-state index is 7.00. The minimum absolute atomic E-state index is 0.194. The molecule has 0 spiro atoms. The van der Waals surface area contributed by atoms with E-state index >= 15 is 0 Å². The first-order valence-electron chi connectivity index (χ1n) is 4.05. The van der Waals surface area contributed by atoms with Gasteiger partial charge in [-0.1, -0.05) is 20.8 Å². The molecule has 4 heteroatoms. The molecule has 0 aliphatic rings. The molecular weight excluding hydrogens is 197 g/mol. The summed E-state index contributed by atoms with van der Waals surface area (Å²) < 4.78 is 0. The highest BCUT2D eigenvalue weighted by atomic mass is 35.5. The van der Waals surface area contributed by atoms with Crippen molar-refractivity contribution in [1.29, 1.82) is 0 Å². The lowest BCUT2D eigenvalue weighted by Gasteiger charge is -2.13. The smallest absolute Gasteiger partial charge is 0.0967 e. The number of aliphatic hydroxyl groups is 1. The molecule has 78 valence electrons. The van der Waals surface area contributed by atoms with E-state index in [1.54, 1.807) is 0 Å². The molecule has 0 aliphatic carbocycles. The van der Waals surface area contributed by atoms with Gasteiger partial charge in [0, 0.05) is 7.11 Å². The Morgan fingerprint density at radius 3 is 1.08 bits per heavy atom. The summed E-state index contributed by atoms with van der Waals surface area (Å²) in [4.78, 5) is 2.38. The molecule has 12 heavy (non-hydrogen) atoms. The highest BCUT2D eigenvalue weighted by molar-refractivity contribution is 6.40. The molecule has 0 atom stereocenters. The van der Waals surface area contributed by atoms with E-state index in [9.17, 15) is 0 Å². The zero-order valence-electron chi connectivity index (χ0n) is 8.48. The third-order valence-electron chi connectivity index (χ3n) is 1.34. The molecule has 0 bridgehead atoms. The van der Waals surface area contributed by atoms with Gasteiger partial charge >= 0.3 is 0 Å². The molecule has 0 aromatic carbocycles. The van der Waals surface area contributed by atoms with Crippen LogP contribution in [0.25, 0.3) is 0 Å². The van der Waals surface area contributed by atoms with Crippen molar-refractivity contribution in [1.82, 2.24) is 4.90 Å². The quantitative estimate of drug-likeness (QED) is 0.735. The Balaban J connectivity index is -0.000000137. The predicted octanol–water partition coefficient (Wildman–Crippen LogP) is 2.38. The van der Waals surface area contributed by atoms with E-state index < -0.39 is 0 Å². The van der Waals surface area contributed by atoms with Gasteiger partial charge in [-0.3, -0.25) is 0 Å². The van der Waals surface area contributed by atoms with Crippen LogP contribution >= 0.6 is 23.2 Å². The van der Waals surface area contributed by atoms with Crippen LogP contribution in [0.2, 0.25) is 0 Å². The van der Waals surface area contributed by atoms with Crippen LogP contribution in [0.3, 0.4) is 0 Å². The fourth-order valence-corrected chi connectivity index (χ4v) is 0.671. The summed E-state index contributed by atoms with van der Waals surface area (Å²) in [5.74, 6) is 0. The first-order valence-corrected chi connectivity index (χ1v) is 5.12. The van der Waals surface area contributed by atoms with Gasteiger partial charge in [0.25, 0.3) is 0 Å². The van der Waals surface area contributed by atoms with Crippen molar-refractivity contribution in [3.63, 3.8) is 0 Å². The normalized spacial score (nSPS) is 8.00. The van der Waals surface area contributed by atoms with Crippen molar-refractivity contribution in [2.75, 3.05) is 32.1 Å². The van der Waals surface area contributed by atoms with Gasteiger partial charge in [-0.05, 0) is 19.6 Å². The molecule has 0 aromatic heterocycles. The Kier molecular flexibility index (Phi) is 34.4. The van der Waals surface area contributed by atoms with E-state index in [4.69, 9.17) is 28.3 Å². The van der Waals surface area contributed by atoms with Crippen LogP contribution in [0.1, 0.15) is 20.8 Å². The second kappa shape index (κ2) is 22.5. The van der Waals surface area contributed by atoms with Crippen molar-refractivity contribution < 1.29 is 5.11 Å². The lowest BCUT2D eigenvalue weighted by Crippen LogP contribution is -2.21. The maximum atomic E-state index is 7.00. The zero-order chi connectivity index (χ0) is 10.4. The SMILES string of the molecule is CCN(CC)CC.CO.ClCCl. The summed E-state index contributed by atoms with van der Waals surface area (Å²) in [5, 5.41) is 7.19. The summed E-state index contributed by atoms with van der Waals surface area (Å²) in [6.07, 6.45) is 0. The molecule has 0 radical (unpaired) electrons. The predicted molar refractivity (Wildman–Crippen MR) is 58.2 cm³/mol. The molecule has 0 saturated heterocycles. The van der Waals surface area contributed by atoms with Crippen molar-refractivity contribution in [2.24, 2.45) is 0 Å². The number of alkyl halides is 2. The maximum Gasteiger partial charge on any atom is 0.0967 e. The molecule has 0 saturated carbocycles. The average molecular weight is 218 g/mol. The molecule has 1 N–H and O–H groups in total. The number of nitrogens with zero attached hydrogens (tertiary/aromatic N) is 1. The lowest BCUT2D eigenvalue weighted by molar-refractivity contribution is 0.321. The minimum Gasteiger partial charge on any atom is -0.400 e. The number of hydrogen-bond acceptors (Lipinski definition) is 2. The first-order chi connectivity index (χ1) is 5.76. The Bertz CT molecular complexity index is 46.8. The molecule has 0 rings (SSSR count). The summed E-state index contributed by atoms with van der Waals surface area (Å²) in [5.41, 5.74) is 0. The van der Waals surface area contributed by atoms with Gasteiger partial charge in [-0.25, -0.2) is 0 Å². The summed E-state index contributed by atoms with van der Waals surface area (Å²) in [6, 6.07) is 0. The highest BCUT2D eigenvalue weighted by Crippen LogP contribution is 1.81. The van der Waals surface area contributed by atoms with Crippen LogP contribution in [0.4, 0.5) is 0 Å². The Labute approximate surface area is 86.5 Å². The van der Waals surface area contributed by atoms with Gasteiger partial charge < -0.3 is 10.0 Å². The van der Waals surface area contributed by atoms with Crippen LogP contribution in [0.5, 0.6) is 0 Å². The van der Waals surface area contributed by atoms with E-state index in [1.165, 1.54) is 19.6 Å². The topological polar surface area (TPSA) is 23.5 Å². The van der Waals surface area contributed by atoms with Gasteiger partial charge in [0.05, 0.1) is 5.34 Å². The molecule has 0 heterocycles. The van der Waals surface area contributed by atoms with Gasteiger partial charge in [0.15, 0.2) is 0 Å². The third-order valence-corrected chi connectivity index (χ3v) is 1.34. The molecule has 0 unspecified atom stereocenters. The third kappa shape index (κ3) is 22.4. The minimum atomic E-state index is 0.194. The standard InChI is InChI=1S/C6H15N.CH2Cl2.CH4O/c1-4-7(5-2)6-3;2-1-3;1-2/h4-6H2,1-3H3;1H2;2H,1H3. The van der Waals surface area contributed by atoms with E-state index in [-0.39, 0.29) is 5.34 Å². The van der Waals surface area contributed by atoms with Crippen LogP contribution in [-0.4, -0.2) is 42.1 Å². The highest BCUT2D eigenvalue weighted by Gasteiger charge is 1.89. The van der Waals surface area contributed by atoms with Gasteiger partial charge in [0.2, 0.25) is 0 Å². The monoisotopic (exact) mass is 217 g/mol. The number of aliphatic hydroxyl groups excluding tert-OH is 1. The Morgan fingerprint density at radius 2 is 1.08 bits per heavy atom. The Hall–Kier alpha value is 0.500. The van der Waals surface area contributed by atoms with Crippen molar-refractivity contribution >= 4 is 23.2 Å². The molecular formula is C8H21Cl2NO. The molecule has 0 aromatic rings. The second-order valence-corrected chi connectivity index (χ2v) is 2.53. The summed E-state index contributed by atoms with van der Waals surface area (Å²) in [7, 11) is 1.00. The van der Waals surface area contributed by atoms with Gasteiger partial charge in [-0.15, -0.1) is 23.2 Å². The Morgan fingerprint density at radius 1 is 0.917 bits per heavy atom. The number of hydrogen-bond donors (Lipinski definition) is 1. The molecule has 0 fully saturated rings. The molecule has 0 aliphatic heterocycles. The van der Waals surface area contributed by atoms with Crippen LogP contribution in [0.15, 0.2) is 0 Å². The largest absolute Gasteiger partial charge is 0.400 e. The van der Waals surface area contributed by atoms with Crippen LogP contribution in [0, 0.1) is 0 Å². The first kappa shape index (κ1) is 18.3. The molecule has 0 amide bonds. The number of halogens is 2. The van der Waals surface area contributed by atoms with Crippen molar-refractivity contribution in [2.45, 2.75) is 20.8 Å². The summed E-state index contributed by atoms with van der Waals surface area (Å²) in [6.45, 7) is 10.1. The van der Waals surface area contributed by atoms with E-state index in [0.29, 0.717) is 0 Å². The summed E-state index contributed by atoms with van der Waals surface area (Å²) >= 11 is 9.53. The van der Waals surface area contributed by atoms with E-state index in [2.05, 4.69) is 25.7 Å². The zero-order valence-corrected chi connectivity index (χ0v) is 9.99. The van der Waals surface area contributed by atoms with Crippen molar-refractivity contribution in [3.05, 3.63) is 0 Å². The van der Waals surface area contributed by atoms with Crippen LogP contribution in [-0.2, 0) is 0 Å². The fourth-order valence-electron chi connectivity index (χ4n) is 0.671. The van der Waals surface area contributed by atoms with Crippen LogP contribution < -0.4 is 0 Å². The molecule has 2 nitrogen and oxygen atoms in total. The lowest BCUT2D eigenvalue weighted by atomic mass is 10.5. The van der Waals surface area contributed by atoms with Crippen molar-refractivity contribution in [3.8, 4) is 0 Å². The van der Waals surface area contributed by atoms with E-state index in [0.717, 1.165) is 7.11 Å². The second-order valence-electron chi connectivity index (χ2n) is 1.72. The van der Waals surface area contributed by atoms with Gasteiger partial charge in [0.1, 0.15) is 0 Å².